The van der Waals surface area contributed by atoms with Gasteiger partial charge in [0.15, 0.2) is 0 Å². The van der Waals surface area contributed by atoms with Gasteiger partial charge in [-0.05, 0) is 32.4 Å². The van der Waals surface area contributed by atoms with Crippen LogP contribution in [0, 0.1) is 17.8 Å². The lowest BCUT2D eigenvalue weighted by Crippen LogP contribution is -2.37. The van der Waals surface area contributed by atoms with Crippen molar-refractivity contribution in [2.24, 2.45) is 5.92 Å². The van der Waals surface area contributed by atoms with Crippen LogP contribution < -0.4 is 5.32 Å². The number of likely N-dealkylation sites (tertiary alicyclic amines) is 1. The summed E-state index contributed by atoms with van der Waals surface area (Å²) in [5.41, 5.74) is 0. The van der Waals surface area contributed by atoms with E-state index < -0.39 is 0 Å². The van der Waals surface area contributed by atoms with E-state index in [-0.39, 0.29) is 24.8 Å². The van der Waals surface area contributed by atoms with Gasteiger partial charge in [-0.1, -0.05) is 11.8 Å². The van der Waals surface area contributed by atoms with Crippen molar-refractivity contribution in [1.29, 1.82) is 0 Å². The van der Waals surface area contributed by atoms with Gasteiger partial charge in [0.1, 0.15) is 0 Å². The predicted octanol–water partition coefficient (Wildman–Crippen LogP) is 1.54. The van der Waals surface area contributed by atoms with Gasteiger partial charge in [0.25, 0.3) is 0 Å². The first-order valence-corrected chi connectivity index (χ1v) is 5.36. The topological polar surface area (TPSA) is 15.3 Å². The van der Waals surface area contributed by atoms with Crippen molar-refractivity contribution in [2.45, 2.75) is 19.3 Å². The highest BCUT2D eigenvalue weighted by Crippen LogP contribution is 2.09. The Kier molecular flexibility index (Phi) is 8.27. The molecule has 0 saturated carbocycles. The van der Waals surface area contributed by atoms with Crippen LogP contribution in [0.2, 0.25) is 0 Å². The van der Waals surface area contributed by atoms with E-state index in [0.717, 1.165) is 19.6 Å². The van der Waals surface area contributed by atoms with Crippen LogP contribution in [0.25, 0.3) is 0 Å². The number of halogens is 2. The van der Waals surface area contributed by atoms with Crippen molar-refractivity contribution >= 4 is 24.8 Å². The molecule has 15 heavy (non-hydrogen) atoms. The predicted molar refractivity (Wildman–Crippen MR) is 68.9 cm³/mol. The molecule has 2 fully saturated rings. The molecule has 4 heteroatoms. The van der Waals surface area contributed by atoms with E-state index in [1.807, 2.05) is 0 Å². The molecule has 0 atom stereocenters. The second-order valence-electron chi connectivity index (χ2n) is 3.98. The van der Waals surface area contributed by atoms with Crippen molar-refractivity contribution in [1.82, 2.24) is 10.2 Å². The highest BCUT2D eigenvalue weighted by Gasteiger charge is 2.12. The normalized spacial score (nSPS) is 21.3. The van der Waals surface area contributed by atoms with E-state index in [9.17, 15) is 0 Å². The van der Waals surface area contributed by atoms with E-state index in [1.54, 1.807) is 0 Å². The average molecular weight is 251 g/mol. The van der Waals surface area contributed by atoms with Gasteiger partial charge in [0.2, 0.25) is 0 Å². The molecule has 2 heterocycles. The molecule has 1 N–H and O–H groups in total. The minimum absolute atomic E-state index is 0. The molecule has 0 aromatic rings. The Hall–Kier alpha value is 0.0600. The average Bonchev–Trinajstić information content (AvgIpc) is 2.11. The summed E-state index contributed by atoms with van der Waals surface area (Å²) in [6, 6.07) is 0. The summed E-state index contributed by atoms with van der Waals surface area (Å²) < 4.78 is 0. The summed E-state index contributed by atoms with van der Waals surface area (Å²) in [7, 11) is 0. The van der Waals surface area contributed by atoms with Crippen LogP contribution in [0.3, 0.4) is 0 Å². The third kappa shape index (κ3) is 5.08. The van der Waals surface area contributed by atoms with Gasteiger partial charge in [-0.2, -0.15) is 0 Å². The molecule has 2 rings (SSSR count). The minimum Gasteiger partial charge on any atom is -0.317 e. The molecule has 0 aliphatic carbocycles. The van der Waals surface area contributed by atoms with Gasteiger partial charge in [-0.25, -0.2) is 0 Å². The first-order valence-electron chi connectivity index (χ1n) is 5.36. The highest BCUT2D eigenvalue weighted by atomic mass is 35.5. The van der Waals surface area contributed by atoms with Crippen LogP contribution in [-0.2, 0) is 0 Å². The summed E-state index contributed by atoms with van der Waals surface area (Å²) in [6.07, 6.45) is 3.86. The Morgan fingerprint density at radius 3 is 2.33 bits per heavy atom. The molecule has 0 spiro atoms. The van der Waals surface area contributed by atoms with Gasteiger partial charge in [-0.3, -0.25) is 4.90 Å². The molecule has 0 aromatic carbocycles. The molecule has 0 amide bonds. The van der Waals surface area contributed by atoms with Gasteiger partial charge in [0.05, 0.1) is 6.54 Å². The number of hydrogen-bond donors (Lipinski definition) is 1. The third-order valence-electron chi connectivity index (χ3n) is 2.90. The van der Waals surface area contributed by atoms with Gasteiger partial charge >= 0.3 is 0 Å². The Balaban J connectivity index is 0.000000980. The fourth-order valence-electron chi connectivity index (χ4n) is 1.81. The first kappa shape index (κ1) is 15.1. The molecule has 2 saturated heterocycles. The number of nitrogens with zero attached hydrogens (tertiary/aromatic N) is 1. The van der Waals surface area contributed by atoms with E-state index in [1.165, 1.54) is 32.4 Å². The Bertz CT molecular complexity index is 212. The molecule has 2 aliphatic rings. The second kappa shape index (κ2) is 8.24. The molecule has 0 bridgehead atoms. The van der Waals surface area contributed by atoms with Crippen LogP contribution in [0.1, 0.15) is 19.3 Å². The van der Waals surface area contributed by atoms with Crippen LogP contribution in [0.15, 0.2) is 0 Å². The minimum atomic E-state index is 0. The van der Waals surface area contributed by atoms with Gasteiger partial charge in [-0.15, -0.1) is 24.8 Å². The SMILES string of the molecule is C(#CC1CCNCC1)CN1CCC1.Cl.Cl. The van der Waals surface area contributed by atoms with Gasteiger partial charge in [0, 0.05) is 19.0 Å². The van der Waals surface area contributed by atoms with Crippen molar-refractivity contribution < 1.29 is 0 Å². The molecule has 2 nitrogen and oxygen atoms in total. The van der Waals surface area contributed by atoms with Crippen molar-refractivity contribution in [3.05, 3.63) is 0 Å². The zero-order valence-electron chi connectivity index (χ0n) is 9.00. The zero-order chi connectivity index (χ0) is 8.93. The van der Waals surface area contributed by atoms with E-state index in [2.05, 4.69) is 22.1 Å². The lowest BCUT2D eigenvalue weighted by atomic mass is 9.99. The molecular formula is C11H20Cl2N2. The van der Waals surface area contributed by atoms with Gasteiger partial charge < -0.3 is 5.32 Å². The standard InChI is InChI=1S/C11H18N2.2ClH/c1(8-13-9-2-10-13)3-11-4-6-12-7-5-11;;/h11-12H,2,4-10H2;2*1H. The number of nitrogens with one attached hydrogen (secondary N) is 1. The molecule has 0 aromatic heterocycles. The van der Waals surface area contributed by atoms with Crippen molar-refractivity contribution in [3.63, 3.8) is 0 Å². The maximum absolute atomic E-state index is 3.39. The Labute approximate surface area is 105 Å². The molecule has 2 aliphatic heterocycles. The van der Waals surface area contributed by atoms with Crippen LogP contribution in [-0.4, -0.2) is 37.6 Å². The largest absolute Gasteiger partial charge is 0.317 e. The number of hydrogen-bond acceptors (Lipinski definition) is 2. The van der Waals surface area contributed by atoms with E-state index in [4.69, 9.17) is 0 Å². The summed E-state index contributed by atoms with van der Waals surface area (Å²) in [6.45, 7) is 5.85. The summed E-state index contributed by atoms with van der Waals surface area (Å²) in [4.78, 5) is 2.41. The van der Waals surface area contributed by atoms with E-state index >= 15 is 0 Å². The maximum Gasteiger partial charge on any atom is 0.0601 e. The smallest absolute Gasteiger partial charge is 0.0601 e. The fourth-order valence-corrected chi connectivity index (χ4v) is 1.81. The van der Waals surface area contributed by atoms with Crippen LogP contribution in [0.4, 0.5) is 0 Å². The van der Waals surface area contributed by atoms with Crippen molar-refractivity contribution in [3.8, 4) is 11.8 Å². The van der Waals surface area contributed by atoms with Crippen LogP contribution >= 0.6 is 24.8 Å². The summed E-state index contributed by atoms with van der Waals surface area (Å²) in [5.74, 6) is 7.36. The van der Waals surface area contributed by atoms with Crippen LogP contribution in [0.5, 0.6) is 0 Å². The number of rotatable bonds is 1. The Morgan fingerprint density at radius 2 is 1.80 bits per heavy atom. The number of piperidine rings is 1. The summed E-state index contributed by atoms with van der Waals surface area (Å²) >= 11 is 0. The zero-order valence-corrected chi connectivity index (χ0v) is 10.6. The second-order valence-corrected chi connectivity index (χ2v) is 3.98. The quantitative estimate of drug-likeness (QED) is 0.711. The van der Waals surface area contributed by atoms with Crippen molar-refractivity contribution in [2.75, 3.05) is 32.7 Å². The lowest BCUT2D eigenvalue weighted by Gasteiger charge is -2.28. The maximum atomic E-state index is 3.39. The molecule has 88 valence electrons. The molecule has 0 unspecified atom stereocenters. The monoisotopic (exact) mass is 250 g/mol. The lowest BCUT2D eigenvalue weighted by molar-refractivity contribution is 0.206. The third-order valence-corrected chi connectivity index (χ3v) is 2.90. The molecule has 0 radical (unpaired) electrons. The summed E-state index contributed by atoms with van der Waals surface area (Å²) in [5, 5.41) is 3.36. The highest BCUT2D eigenvalue weighted by molar-refractivity contribution is 5.85. The van der Waals surface area contributed by atoms with E-state index in [0.29, 0.717) is 5.92 Å². The molecular weight excluding hydrogens is 231 g/mol. The fraction of sp³-hybridized carbons (Fsp3) is 0.818. The Morgan fingerprint density at radius 1 is 1.13 bits per heavy atom. The first-order chi connectivity index (χ1) is 6.45.